The fourth-order valence-electron chi connectivity index (χ4n) is 1.50. The highest BCUT2D eigenvalue weighted by molar-refractivity contribution is 5.67. The van der Waals surface area contributed by atoms with Crippen molar-refractivity contribution in [2.45, 2.75) is 26.7 Å². The van der Waals surface area contributed by atoms with E-state index in [1.54, 1.807) is 0 Å². The lowest BCUT2D eigenvalue weighted by Crippen LogP contribution is -2.04. The number of hydrogen-bond acceptors (Lipinski definition) is 1. The Labute approximate surface area is 86.5 Å². The molecule has 0 radical (unpaired) electrons. The largest absolute Gasteiger partial charge is 0.481 e. The first-order chi connectivity index (χ1) is 6.93. The minimum Gasteiger partial charge on any atom is -0.481 e. The minimum atomic E-state index is -0.974. The molecule has 1 N–H and O–H groups in total. The van der Waals surface area contributed by atoms with E-state index in [1.807, 2.05) is 0 Å². The van der Waals surface area contributed by atoms with Gasteiger partial charge in [0.2, 0.25) is 0 Å². The lowest BCUT2D eigenvalue weighted by Gasteiger charge is -2.10. The zero-order chi connectivity index (χ0) is 11.6. The molecule has 82 valence electrons. The van der Waals surface area contributed by atoms with E-state index in [4.69, 9.17) is 5.11 Å². The van der Waals surface area contributed by atoms with E-state index in [9.17, 15) is 13.6 Å². The maximum atomic E-state index is 13.2. The number of aliphatic carboxylic acids is 1. The van der Waals surface area contributed by atoms with Gasteiger partial charge in [0.15, 0.2) is 0 Å². The molecule has 0 atom stereocenters. The molecule has 15 heavy (non-hydrogen) atoms. The van der Waals surface area contributed by atoms with E-state index >= 15 is 0 Å². The molecule has 0 aliphatic carbocycles. The van der Waals surface area contributed by atoms with Crippen molar-refractivity contribution in [2.75, 3.05) is 0 Å². The molecule has 0 unspecified atom stereocenters. The van der Waals surface area contributed by atoms with Crippen LogP contribution in [0, 0.1) is 25.5 Å². The summed E-state index contributed by atoms with van der Waals surface area (Å²) in [7, 11) is 0. The van der Waals surface area contributed by atoms with Gasteiger partial charge in [-0.25, -0.2) is 8.78 Å². The molecule has 4 heteroatoms. The Morgan fingerprint density at radius 1 is 1.27 bits per heavy atom. The quantitative estimate of drug-likeness (QED) is 0.839. The van der Waals surface area contributed by atoms with Crippen LogP contribution in [-0.2, 0) is 11.2 Å². The highest BCUT2D eigenvalue weighted by Gasteiger charge is 2.13. The van der Waals surface area contributed by atoms with Crippen LogP contribution in [0.25, 0.3) is 0 Å². The van der Waals surface area contributed by atoms with Gasteiger partial charge >= 0.3 is 5.97 Å². The lowest BCUT2D eigenvalue weighted by atomic mass is 9.97. The van der Waals surface area contributed by atoms with Crippen LogP contribution in [0.4, 0.5) is 8.78 Å². The second-order valence-corrected chi connectivity index (χ2v) is 3.46. The summed E-state index contributed by atoms with van der Waals surface area (Å²) in [5.41, 5.74) is 1.11. The third-order valence-electron chi connectivity index (χ3n) is 2.46. The van der Waals surface area contributed by atoms with Crippen molar-refractivity contribution in [3.63, 3.8) is 0 Å². The number of carboxylic acids is 1. The van der Waals surface area contributed by atoms with Gasteiger partial charge in [-0.05, 0) is 37.0 Å². The van der Waals surface area contributed by atoms with Crippen molar-refractivity contribution < 1.29 is 18.7 Å². The van der Waals surface area contributed by atoms with Crippen molar-refractivity contribution in [3.8, 4) is 0 Å². The van der Waals surface area contributed by atoms with Crippen LogP contribution in [0.5, 0.6) is 0 Å². The summed E-state index contributed by atoms with van der Waals surface area (Å²) in [4.78, 5) is 10.4. The van der Waals surface area contributed by atoms with Crippen molar-refractivity contribution >= 4 is 5.97 Å². The Balaban J connectivity index is 3.09. The number of hydrogen-bond donors (Lipinski definition) is 1. The Morgan fingerprint density at radius 3 is 2.13 bits per heavy atom. The van der Waals surface area contributed by atoms with Crippen LogP contribution in [-0.4, -0.2) is 11.1 Å². The fraction of sp³-hybridized carbons (Fsp3) is 0.364. The number of rotatable bonds is 3. The molecule has 2 nitrogen and oxygen atoms in total. The average Bonchev–Trinajstić information content (AvgIpc) is 2.14. The summed E-state index contributed by atoms with van der Waals surface area (Å²) in [6, 6.07) is 0.828. The second-order valence-electron chi connectivity index (χ2n) is 3.46. The van der Waals surface area contributed by atoms with Crippen LogP contribution in [0.3, 0.4) is 0 Å². The van der Waals surface area contributed by atoms with E-state index in [0.29, 0.717) is 16.7 Å². The summed E-state index contributed by atoms with van der Waals surface area (Å²) >= 11 is 0. The van der Waals surface area contributed by atoms with E-state index in [1.165, 1.54) is 13.8 Å². The monoisotopic (exact) mass is 214 g/mol. The molecule has 0 saturated heterocycles. The third-order valence-corrected chi connectivity index (χ3v) is 2.46. The van der Waals surface area contributed by atoms with Gasteiger partial charge in [0, 0.05) is 12.5 Å². The number of carboxylic acid groups (broad SMARTS) is 1. The highest BCUT2D eigenvalue weighted by Crippen LogP contribution is 2.21. The summed E-state index contributed by atoms with van der Waals surface area (Å²) in [5.74, 6) is -2.23. The number of carbonyl (C=O) groups is 1. The van der Waals surface area contributed by atoms with Gasteiger partial charge in [0.25, 0.3) is 0 Å². The average molecular weight is 214 g/mol. The molecule has 0 fully saturated rings. The molecule has 0 heterocycles. The Morgan fingerprint density at radius 2 is 1.73 bits per heavy atom. The first kappa shape index (κ1) is 11.6. The maximum Gasteiger partial charge on any atom is 0.303 e. The molecular weight excluding hydrogens is 202 g/mol. The van der Waals surface area contributed by atoms with Crippen molar-refractivity contribution in [1.82, 2.24) is 0 Å². The van der Waals surface area contributed by atoms with Gasteiger partial charge in [-0.2, -0.15) is 0 Å². The Kier molecular flexibility index (Phi) is 3.39. The first-order valence-corrected chi connectivity index (χ1v) is 4.59. The number of halogens is 2. The van der Waals surface area contributed by atoms with Crippen molar-refractivity contribution in [3.05, 3.63) is 34.4 Å². The predicted molar refractivity (Wildman–Crippen MR) is 51.8 cm³/mol. The maximum absolute atomic E-state index is 13.2. The van der Waals surface area contributed by atoms with Crippen LogP contribution >= 0.6 is 0 Å². The fourth-order valence-corrected chi connectivity index (χ4v) is 1.50. The summed E-state index contributed by atoms with van der Waals surface area (Å²) in [6.45, 7) is 3.05. The second kappa shape index (κ2) is 4.38. The zero-order valence-corrected chi connectivity index (χ0v) is 8.60. The predicted octanol–water partition coefficient (Wildman–Crippen LogP) is 2.60. The van der Waals surface area contributed by atoms with Crippen LogP contribution in [0.2, 0.25) is 0 Å². The van der Waals surface area contributed by atoms with Gasteiger partial charge in [-0.3, -0.25) is 4.79 Å². The highest BCUT2D eigenvalue weighted by atomic mass is 19.1. The van der Waals surface area contributed by atoms with E-state index in [-0.39, 0.29) is 12.8 Å². The Bertz CT molecular complexity index is 374. The van der Waals surface area contributed by atoms with Crippen LogP contribution in [0.1, 0.15) is 23.1 Å². The molecule has 1 aromatic carbocycles. The van der Waals surface area contributed by atoms with E-state index < -0.39 is 17.6 Å². The molecule has 0 bridgehead atoms. The molecule has 0 aromatic heterocycles. The topological polar surface area (TPSA) is 37.3 Å². The molecule has 0 aliphatic heterocycles. The molecule has 1 aromatic rings. The molecule has 1 rings (SSSR count). The molecule has 0 spiro atoms. The van der Waals surface area contributed by atoms with Crippen molar-refractivity contribution in [2.24, 2.45) is 0 Å². The van der Waals surface area contributed by atoms with E-state index in [0.717, 1.165) is 6.07 Å². The normalized spacial score (nSPS) is 10.4. The molecular formula is C11H12F2O2. The standard InChI is InChI=1S/C11H12F2O2/c1-6-8(3-4-11(14)15)7(2)10(13)5-9(6)12/h5H,3-4H2,1-2H3,(H,14,15). The Hall–Kier alpha value is -1.45. The van der Waals surface area contributed by atoms with Gasteiger partial charge in [0.05, 0.1) is 0 Å². The van der Waals surface area contributed by atoms with Gasteiger partial charge < -0.3 is 5.11 Å². The van der Waals surface area contributed by atoms with E-state index in [2.05, 4.69) is 0 Å². The first-order valence-electron chi connectivity index (χ1n) is 4.59. The summed E-state index contributed by atoms with van der Waals surface area (Å²) in [5, 5.41) is 8.51. The summed E-state index contributed by atoms with van der Waals surface area (Å²) < 4.78 is 26.3. The molecule has 0 saturated carbocycles. The lowest BCUT2D eigenvalue weighted by molar-refractivity contribution is -0.136. The number of benzene rings is 1. The molecule has 0 amide bonds. The zero-order valence-electron chi connectivity index (χ0n) is 8.60. The van der Waals surface area contributed by atoms with Crippen molar-refractivity contribution in [1.29, 1.82) is 0 Å². The molecule has 0 aliphatic rings. The van der Waals surface area contributed by atoms with Crippen LogP contribution < -0.4 is 0 Å². The van der Waals surface area contributed by atoms with Gasteiger partial charge in [0.1, 0.15) is 11.6 Å². The van der Waals surface area contributed by atoms with Gasteiger partial charge in [-0.15, -0.1) is 0 Å². The smallest absolute Gasteiger partial charge is 0.303 e. The SMILES string of the molecule is Cc1c(F)cc(F)c(C)c1CCC(=O)O. The van der Waals surface area contributed by atoms with Gasteiger partial charge in [-0.1, -0.05) is 0 Å². The third kappa shape index (κ3) is 2.52. The minimum absolute atomic E-state index is 0.120. The van der Waals surface area contributed by atoms with Crippen LogP contribution in [0.15, 0.2) is 6.07 Å². The summed E-state index contributed by atoms with van der Waals surface area (Å²) in [6.07, 6.45) is 0.0340.